The van der Waals surface area contributed by atoms with Gasteiger partial charge in [-0.2, -0.15) is 5.10 Å². The minimum Gasteiger partial charge on any atom is -0.455 e. The van der Waals surface area contributed by atoms with Gasteiger partial charge >= 0.3 is 5.97 Å². The largest absolute Gasteiger partial charge is 0.455 e. The van der Waals surface area contributed by atoms with Crippen molar-refractivity contribution in [3.63, 3.8) is 0 Å². The first kappa shape index (κ1) is 20.1. The van der Waals surface area contributed by atoms with Crippen LogP contribution in [0.3, 0.4) is 0 Å². The van der Waals surface area contributed by atoms with Crippen LogP contribution in [-0.4, -0.2) is 28.3 Å². The van der Waals surface area contributed by atoms with Gasteiger partial charge in [-0.3, -0.25) is 9.59 Å². The number of benzene rings is 3. The Morgan fingerprint density at radius 1 is 0.871 bits per heavy atom. The standard InChI is InChI=1S/C25H21N3O3/c29-24(27-23-14-8-7-13-22(23)20-9-3-1-4-10-20)18-31-25(30)15-19-16-26-28(17-19)21-11-5-2-6-12-21/h1-14,16-17H,15,18H2,(H,27,29). The van der Waals surface area contributed by atoms with Crippen molar-refractivity contribution in [1.82, 2.24) is 9.78 Å². The molecular weight excluding hydrogens is 390 g/mol. The van der Waals surface area contributed by atoms with Crippen molar-refractivity contribution in [2.75, 3.05) is 11.9 Å². The third kappa shape index (κ3) is 5.25. The normalized spacial score (nSPS) is 10.5. The molecule has 1 N–H and O–H groups in total. The van der Waals surface area contributed by atoms with Gasteiger partial charge < -0.3 is 10.1 Å². The highest BCUT2D eigenvalue weighted by Crippen LogP contribution is 2.27. The Morgan fingerprint density at radius 3 is 2.32 bits per heavy atom. The molecule has 6 nitrogen and oxygen atoms in total. The quantitative estimate of drug-likeness (QED) is 0.461. The predicted octanol–water partition coefficient (Wildman–Crippen LogP) is 4.26. The Bertz CT molecular complexity index is 1170. The number of nitrogens with one attached hydrogen (secondary N) is 1. The number of amides is 1. The molecule has 0 aliphatic carbocycles. The molecule has 0 atom stereocenters. The van der Waals surface area contributed by atoms with Gasteiger partial charge in [-0.25, -0.2) is 4.68 Å². The van der Waals surface area contributed by atoms with Gasteiger partial charge in [0.15, 0.2) is 6.61 Å². The van der Waals surface area contributed by atoms with Crippen LogP contribution in [0.5, 0.6) is 0 Å². The summed E-state index contributed by atoms with van der Waals surface area (Å²) < 4.78 is 6.84. The van der Waals surface area contributed by atoms with Crippen molar-refractivity contribution >= 4 is 17.6 Å². The highest BCUT2D eigenvalue weighted by atomic mass is 16.5. The lowest BCUT2D eigenvalue weighted by Crippen LogP contribution is -2.21. The van der Waals surface area contributed by atoms with Crippen LogP contribution in [0.1, 0.15) is 5.56 Å². The number of para-hydroxylation sites is 2. The summed E-state index contributed by atoms with van der Waals surface area (Å²) in [6.07, 6.45) is 3.43. The highest BCUT2D eigenvalue weighted by molar-refractivity contribution is 5.96. The number of carbonyl (C=O) groups is 2. The fourth-order valence-corrected chi connectivity index (χ4v) is 3.18. The number of carbonyl (C=O) groups excluding carboxylic acids is 2. The molecule has 0 aliphatic rings. The van der Waals surface area contributed by atoms with Crippen LogP contribution in [0.2, 0.25) is 0 Å². The lowest BCUT2D eigenvalue weighted by molar-refractivity contribution is -0.146. The zero-order valence-corrected chi connectivity index (χ0v) is 16.8. The fraction of sp³-hybridized carbons (Fsp3) is 0.0800. The van der Waals surface area contributed by atoms with Crippen LogP contribution in [0.4, 0.5) is 5.69 Å². The summed E-state index contributed by atoms with van der Waals surface area (Å²) >= 11 is 0. The Labute approximate surface area is 180 Å². The van der Waals surface area contributed by atoms with Gasteiger partial charge in [0.25, 0.3) is 5.91 Å². The van der Waals surface area contributed by atoms with Gasteiger partial charge in [-0.15, -0.1) is 0 Å². The monoisotopic (exact) mass is 411 g/mol. The summed E-state index contributed by atoms with van der Waals surface area (Å²) in [5, 5.41) is 7.08. The minimum atomic E-state index is -0.487. The Morgan fingerprint density at radius 2 is 1.55 bits per heavy atom. The predicted molar refractivity (Wildman–Crippen MR) is 119 cm³/mol. The maximum Gasteiger partial charge on any atom is 0.310 e. The van der Waals surface area contributed by atoms with Crippen molar-refractivity contribution in [1.29, 1.82) is 0 Å². The summed E-state index contributed by atoms with van der Waals surface area (Å²) in [6.45, 7) is -0.352. The van der Waals surface area contributed by atoms with E-state index >= 15 is 0 Å². The number of anilines is 1. The molecular formula is C25H21N3O3. The van der Waals surface area contributed by atoms with Crippen LogP contribution in [-0.2, 0) is 20.7 Å². The van der Waals surface area contributed by atoms with Crippen molar-refractivity contribution in [2.45, 2.75) is 6.42 Å². The van der Waals surface area contributed by atoms with E-state index in [2.05, 4.69) is 10.4 Å². The summed E-state index contributed by atoms with van der Waals surface area (Å²) in [5.74, 6) is -0.879. The van der Waals surface area contributed by atoms with Crippen LogP contribution < -0.4 is 5.32 Å². The van der Waals surface area contributed by atoms with E-state index < -0.39 is 11.9 Å². The molecule has 3 aromatic carbocycles. The van der Waals surface area contributed by atoms with Crippen molar-refractivity contribution in [3.8, 4) is 16.8 Å². The number of esters is 1. The van der Waals surface area contributed by atoms with Gasteiger partial charge in [0.1, 0.15) is 0 Å². The lowest BCUT2D eigenvalue weighted by Gasteiger charge is -2.11. The van der Waals surface area contributed by atoms with Gasteiger partial charge in [0.2, 0.25) is 0 Å². The molecule has 4 rings (SSSR count). The zero-order chi connectivity index (χ0) is 21.5. The van der Waals surface area contributed by atoms with Gasteiger partial charge in [-0.1, -0.05) is 66.7 Å². The number of rotatable bonds is 7. The van der Waals surface area contributed by atoms with Crippen molar-refractivity contribution in [3.05, 3.63) is 103 Å². The van der Waals surface area contributed by atoms with E-state index in [0.29, 0.717) is 11.3 Å². The number of hydrogen-bond acceptors (Lipinski definition) is 4. The molecule has 0 saturated heterocycles. The van der Waals surface area contributed by atoms with E-state index in [0.717, 1.165) is 16.8 Å². The molecule has 0 radical (unpaired) electrons. The molecule has 0 fully saturated rings. The maximum atomic E-state index is 12.3. The number of hydrogen-bond donors (Lipinski definition) is 1. The van der Waals surface area contributed by atoms with E-state index in [1.165, 1.54) is 0 Å². The highest BCUT2D eigenvalue weighted by Gasteiger charge is 2.12. The minimum absolute atomic E-state index is 0.0424. The van der Waals surface area contributed by atoms with Crippen LogP contribution >= 0.6 is 0 Å². The Kier molecular flexibility index (Phi) is 6.18. The van der Waals surface area contributed by atoms with Crippen molar-refractivity contribution < 1.29 is 14.3 Å². The Hall–Kier alpha value is -4.19. The molecule has 1 amide bonds. The molecule has 4 aromatic rings. The molecule has 0 spiro atoms. The molecule has 1 heterocycles. The van der Waals surface area contributed by atoms with Crippen LogP contribution in [0, 0.1) is 0 Å². The first-order valence-corrected chi connectivity index (χ1v) is 9.88. The summed E-state index contributed by atoms with van der Waals surface area (Å²) in [6, 6.07) is 26.9. The van der Waals surface area contributed by atoms with Crippen LogP contribution in [0.25, 0.3) is 16.8 Å². The third-order valence-electron chi connectivity index (χ3n) is 4.66. The number of nitrogens with zero attached hydrogens (tertiary/aromatic N) is 2. The van der Waals surface area contributed by atoms with Crippen LogP contribution in [0.15, 0.2) is 97.3 Å². The van der Waals surface area contributed by atoms with E-state index in [-0.39, 0.29) is 13.0 Å². The van der Waals surface area contributed by atoms with E-state index in [1.54, 1.807) is 17.1 Å². The smallest absolute Gasteiger partial charge is 0.310 e. The number of ether oxygens (including phenoxy) is 1. The summed E-state index contributed by atoms with van der Waals surface area (Å²) in [7, 11) is 0. The van der Waals surface area contributed by atoms with Gasteiger partial charge in [0, 0.05) is 23.0 Å². The molecule has 6 heteroatoms. The average Bonchev–Trinajstić information content (AvgIpc) is 3.28. The molecule has 31 heavy (non-hydrogen) atoms. The molecule has 0 saturated carbocycles. The van der Waals surface area contributed by atoms with E-state index in [1.807, 2.05) is 84.9 Å². The maximum absolute atomic E-state index is 12.3. The first-order valence-electron chi connectivity index (χ1n) is 9.88. The second-order valence-electron chi connectivity index (χ2n) is 6.93. The number of aromatic nitrogens is 2. The van der Waals surface area contributed by atoms with E-state index in [4.69, 9.17) is 4.74 Å². The third-order valence-corrected chi connectivity index (χ3v) is 4.66. The molecule has 0 bridgehead atoms. The average molecular weight is 411 g/mol. The van der Waals surface area contributed by atoms with Gasteiger partial charge in [-0.05, 0) is 23.8 Å². The molecule has 1 aromatic heterocycles. The lowest BCUT2D eigenvalue weighted by atomic mass is 10.0. The summed E-state index contributed by atoms with van der Waals surface area (Å²) in [4.78, 5) is 24.5. The molecule has 0 unspecified atom stereocenters. The molecule has 154 valence electrons. The Balaban J connectivity index is 1.32. The zero-order valence-electron chi connectivity index (χ0n) is 16.8. The first-order chi connectivity index (χ1) is 15.2. The van der Waals surface area contributed by atoms with Crippen molar-refractivity contribution in [2.24, 2.45) is 0 Å². The fourth-order valence-electron chi connectivity index (χ4n) is 3.18. The summed E-state index contributed by atoms with van der Waals surface area (Å²) in [5.41, 5.74) is 4.17. The molecule has 0 aliphatic heterocycles. The second-order valence-corrected chi connectivity index (χ2v) is 6.93. The van der Waals surface area contributed by atoms with Gasteiger partial charge in [0.05, 0.1) is 18.3 Å². The van der Waals surface area contributed by atoms with E-state index in [9.17, 15) is 9.59 Å². The SMILES string of the molecule is O=C(COC(=O)Cc1cnn(-c2ccccc2)c1)Nc1ccccc1-c1ccccc1. The second kappa shape index (κ2) is 9.54. The topological polar surface area (TPSA) is 73.2 Å².